The fraction of sp³-hybridized carbons (Fsp3) is 0.625. The lowest BCUT2D eigenvalue weighted by Gasteiger charge is -2.30. The van der Waals surface area contributed by atoms with Gasteiger partial charge in [-0.15, -0.1) is 0 Å². The van der Waals surface area contributed by atoms with Crippen LogP contribution in [0, 0.1) is 5.92 Å². The SMILES string of the molecule is COc1cccc([C@@H](C)NCC2CCCN(C)C2)c1. The molecule has 0 bridgehead atoms. The third-order valence-corrected chi connectivity index (χ3v) is 4.03. The zero-order chi connectivity index (χ0) is 13.7. The Hall–Kier alpha value is -1.06. The standard InChI is InChI=1S/C16H26N2O/c1-13(15-7-4-8-16(10-15)19-3)17-11-14-6-5-9-18(2)12-14/h4,7-8,10,13-14,17H,5-6,9,11-12H2,1-3H3/t13-,14?/m1/s1. The maximum Gasteiger partial charge on any atom is 0.119 e. The molecule has 3 heteroatoms. The van der Waals surface area contributed by atoms with E-state index in [0.29, 0.717) is 6.04 Å². The molecule has 0 aromatic heterocycles. The van der Waals surface area contributed by atoms with Gasteiger partial charge in [-0.3, -0.25) is 0 Å². The Morgan fingerprint density at radius 2 is 2.32 bits per heavy atom. The highest BCUT2D eigenvalue weighted by molar-refractivity contribution is 5.30. The van der Waals surface area contributed by atoms with Crippen LogP contribution in [0.2, 0.25) is 0 Å². The highest BCUT2D eigenvalue weighted by atomic mass is 16.5. The first kappa shape index (κ1) is 14.4. The molecule has 0 amide bonds. The number of benzene rings is 1. The van der Waals surface area contributed by atoms with E-state index in [2.05, 4.69) is 42.4 Å². The quantitative estimate of drug-likeness (QED) is 0.883. The fourth-order valence-electron chi connectivity index (χ4n) is 2.81. The van der Waals surface area contributed by atoms with Gasteiger partial charge in [-0.1, -0.05) is 12.1 Å². The molecule has 0 spiro atoms. The van der Waals surface area contributed by atoms with Crippen molar-refractivity contribution >= 4 is 0 Å². The van der Waals surface area contributed by atoms with Crippen LogP contribution in [0.5, 0.6) is 5.75 Å². The first-order valence-electron chi connectivity index (χ1n) is 7.25. The minimum atomic E-state index is 0.377. The number of nitrogens with zero attached hydrogens (tertiary/aromatic N) is 1. The molecule has 1 aliphatic rings. The van der Waals surface area contributed by atoms with Crippen molar-refractivity contribution < 1.29 is 4.74 Å². The third kappa shape index (κ3) is 4.22. The van der Waals surface area contributed by atoms with E-state index < -0.39 is 0 Å². The van der Waals surface area contributed by atoms with Gasteiger partial charge < -0.3 is 15.0 Å². The second-order valence-corrected chi connectivity index (χ2v) is 5.68. The van der Waals surface area contributed by atoms with Gasteiger partial charge in [0.1, 0.15) is 5.75 Å². The molecule has 1 heterocycles. The van der Waals surface area contributed by atoms with E-state index in [1.54, 1.807) is 7.11 Å². The molecule has 2 rings (SSSR count). The predicted molar refractivity (Wildman–Crippen MR) is 79.6 cm³/mol. The zero-order valence-electron chi connectivity index (χ0n) is 12.4. The summed E-state index contributed by atoms with van der Waals surface area (Å²) in [7, 11) is 3.94. The largest absolute Gasteiger partial charge is 0.497 e. The van der Waals surface area contributed by atoms with Crippen molar-refractivity contribution in [2.75, 3.05) is 33.8 Å². The van der Waals surface area contributed by atoms with Crippen molar-refractivity contribution in [1.82, 2.24) is 10.2 Å². The summed E-state index contributed by atoms with van der Waals surface area (Å²) in [5.41, 5.74) is 1.29. The summed E-state index contributed by atoms with van der Waals surface area (Å²) >= 11 is 0. The van der Waals surface area contributed by atoms with Gasteiger partial charge in [0.15, 0.2) is 0 Å². The van der Waals surface area contributed by atoms with Crippen LogP contribution in [0.4, 0.5) is 0 Å². The highest BCUT2D eigenvalue weighted by Gasteiger charge is 2.17. The molecule has 1 saturated heterocycles. The first-order chi connectivity index (χ1) is 9.19. The van der Waals surface area contributed by atoms with Gasteiger partial charge in [-0.2, -0.15) is 0 Å². The monoisotopic (exact) mass is 262 g/mol. The summed E-state index contributed by atoms with van der Waals surface area (Å²) in [5, 5.41) is 3.66. The molecular weight excluding hydrogens is 236 g/mol. The van der Waals surface area contributed by atoms with E-state index in [-0.39, 0.29) is 0 Å². The van der Waals surface area contributed by atoms with E-state index in [9.17, 15) is 0 Å². The number of hydrogen-bond donors (Lipinski definition) is 1. The minimum Gasteiger partial charge on any atom is -0.497 e. The minimum absolute atomic E-state index is 0.377. The molecule has 0 aliphatic carbocycles. The van der Waals surface area contributed by atoms with Gasteiger partial charge >= 0.3 is 0 Å². The topological polar surface area (TPSA) is 24.5 Å². The molecule has 0 saturated carbocycles. The second-order valence-electron chi connectivity index (χ2n) is 5.68. The lowest BCUT2D eigenvalue weighted by atomic mass is 9.97. The van der Waals surface area contributed by atoms with Crippen LogP contribution in [0.15, 0.2) is 24.3 Å². The molecule has 0 radical (unpaired) electrons. The normalized spacial score (nSPS) is 22.2. The maximum atomic E-state index is 5.28. The van der Waals surface area contributed by atoms with Gasteiger partial charge in [-0.25, -0.2) is 0 Å². The van der Waals surface area contributed by atoms with E-state index in [0.717, 1.165) is 18.2 Å². The summed E-state index contributed by atoms with van der Waals surface area (Å²) in [4.78, 5) is 2.44. The molecule has 1 aromatic carbocycles. The average molecular weight is 262 g/mol. The maximum absolute atomic E-state index is 5.28. The Labute approximate surface area is 116 Å². The molecule has 1 aliphatic heterocycles. The van der Waals surface area contributed by atoms with E-state index >= 15 is 0 Å². The molecule has 1 N–H and O–H groups in total. The first-order valence-corrected chi connectivity index (χ1v) is 7.25. The van der Waals surface area contributed by atoms with Gasteiger partial charge in [0.05, 0.1) is 7.11 Å². The van der Waals surface area contributed by atoms with Crippen molar-refractivity contribution in [3.05, 3.63) is 29.8 Å². The van der Waals surface area contributed by atoms with Crippen LogP contribution in [0.25, 0.3) is 0 Å². The average Bonchev–Trinajstić information content (AvgIpc) is 2.45. The number of ether oxygens (including phenoxy) is 1. The Kier molecular flexibility index (Phi) is 5.23. The van der Waals surface area contributed by atoms with Crippen molar-refractivity contribution in [2.45, 2.75) is 25.8 Å². The van der Waals surface area contributed by atoms with Crippen LogP contribution in [-0.4, -0.2) is 38.7 Å². The van der Waals surface area contributed by atoms with Crippen molar-refractivity contribution in [3.63, 3.8) is 0 Å². The van der Waals surface area contributed by atoms with Gasteiger partial charge in [0, 0.05) is 12.6 Å². The molecule has 19 heavy (non-hydrogen) atoms. The number of likely N-dealkylation sites (tertiary alicyclic amines) is 1. The number of hydrogen-bond acceptors (Lipinski definition) is 3. The van der Waals surface area contributed by atoms with Crippen LogP contribution in [0.1, 0.15) is 31.4 Å². The van der Waals surface area contributed by atoms with Crippen molar-refractivity contribution in [1.29, 1.82) is 0 Å². The molecule has 1 aromatic rings. The molecule has 1 unspecified atom stereocenters. The van der Waals surface area contributed by atoms with Gasteiger partial charge in [0.25, 0.3) is 0 Å². The summed E-state index contributed by atoms with van der Waals surface area (Å²) in [6.45, 7) is 5.80. The number of methoxy groups -OCH3 is 1. The third-order valence-electron chi connectivity index (χ3n) is 4.03. The molecular formula is C16H26N2O. The number of nitrogens with one attached hydrogen (secondary N) is 1. The summed E-state index contributed by atoms with van der Waals surface area (Å²) in [5.74, 6) is 1.72. The number of rotatable bonds is 5. The molecule has 3 nitrogen and oxygen atoms in total. The van der Waals surface area contributed by atoms with Crippen LogP contribution < -0.4 is 10.1 Å². The zero-order valence-corrected chi connectivity index (χ0v) is 12.4. The Morgan fingerprint density at radius 3 is 3.05 bits per heavy atom. The Morgan fingerprint density at radius 1 is 1.47 bits per heavy atom. The molecule has 1 fully saturated rings. The second kappa shape index (κ2) is 6.92. The van der Waals surface area contributed by atoms with Crippen LogP contribution in [-0.2, 0) is 0 Å². The lowest BCUT2D eigenvalue weighted by molar-refractivity contribution is 0.203. The van der Waals surface area contributed by atoms with E-state index in [1.807, 2.05) is 6.07 Å². The predicted octanol–water partition coefficient (Wildman–Crippen LogP) is 2.69. The van der Waals surface area contributed by atoms with Gasteiger partial charge in [-0.05, 0) is 63.5 Å². The van der Waals surface area contributed by atoms with E-state index in [4.69, 9.17) is 4.74 Å². The van der Waals surface area contributed by atoms with Crippen molar-refractivity contribution in [2.24, 2.45) is 5.92 Å². The lowest BCUT2D eigenvalue weighted by Crippen LogP contribution is -2.37. The molecule has 106 valence electrons. The fourth-order valence-corrected chi connectivity index (χ4v) is 2.81. The van der Waals surface area contributed by atoms with Crippen LogP contribution in [0.3, 0.4) is 0 Å². The van der Waals surface area contributed by atoms with Crippen LogP contribution >= 0.6 is 0 Å². The summed E-state index contributed by atoms with van der Waals surface area (Å²) < 4.78 is 5.28. The highest BCUT2D eigenvalue weighted by Crippen LogP contribution is 2.20. The summed E-state index contributed by atoms with van der Waals surface area (Å²) in [6, 6.07) is 8.70. The smallest absolute Gasteiger partial charge is 0.119 e. The van der Waals surface area contributed by atoms with Gasteiger partial charge in [0.2, 0.25) is 0 Å². The summed E-state index contributed by atoms with van der Waals surface area (Å²) in [6.07, 6.45) is 2.68. The Bertz CT molecular complexity index is 394. The molecule has 2 atom stereocenters. The Balaban J connectivity index is 1.84. The number of piperidine rings is 1. The van der Waals surface area contributed by atoms with Crippen molar-refractivity contribution in [3.8, 4) is 5.75 Å². The van der Waals surface area contributed by atoms with E-state index in [1.165, 1.54) is 31.5 Å².